The van der Waals surface area contributed by atoms with Crippen LogP contribution in [0.1, 0.15) is 30.2 Å². The van der Waals surface area contributed by atoms with E-state index in [1.807, 2.05) is 41.8 Å². The van der Waals surface area contributed by atoms with Crippen molar-refractivity contribution in [3.8, 4) is 0 Å². The molecule has 0 aliphatic heterocycles. The molecule has 0 saturated carbocycles. The Hall–Kier alpha value is -2.97. The number of hydrogen-bond donors (Lipinski definition) is 1. The highest BCUT2D eigenvalue weighted by atomic mass is 32.1. The van der Waals surface area contributed by atoms with E-state index < -0.39 is 5.69 Å². The number of rotatable bonds is 9. The van der Waals surface area contributed by atoms with Crippen molar-refractivity contribution in [1.29, 1.82) is 0 Å². The number of aryl methyl sites for hydroxylation is 2. The predicted octanol–water partition coefficient (Wildman–Crippen LogP) is 4.51. The summed E-state index contributed by atoms with van der Waals surface area (Å²) in [6, 6.07) is 13.4. The van der Waals surface area contributed by atoms with Crippen molar-refractivity contribution in [2.45, 2.75) is 45.7 Å². The monoisotopic (exact) mass is 467 g/mol. The fourth-order valence-corrected chi connectivity index (χ4v) is 5.18. The van der Waals surface area contributed by atoms with Crippen LogP contribution in [0.25, 0.3) is 10.2 Å². The number of hydrogen-bond acceptors (Lipinski definition) is 5. The van der Waals surface area contributed by atoms with E-state index in [9.17, 15) is 14.4 Å². The largest absolute Gasteiger partial charge is 0.332 e. The van der Waals surface area contributed by atoms with Crippen LogP contribution < -0.4 is 16.6 Å². The van der Waals surface area contributed by atoms with Crippen LogP contribution >= 0.6 is 22.7 Å². The van der Waals surface area contributed by atoms with E-state index in [1.54, 1.807) is 22.8 Å². The molecule has 32 heavy (non-hydrogen) atoms. The van der Waals surface area contributed by atoms with Gasteiger partial charge in [-0.25, -0.2) is 4.79 Å². The van der Waals surface area contributed by atoms with Gasteiger partial charge in [-0.3, -0.25) is 18.7 Å². The Balaban J connectivity index is 1.55. The van der Waals surface area contributed by atoms with Gasteiger partial charge in [-0.05, 0) is 59.9 Å². The number of thiophene rings is 2. The second kappa shape index (κ2) is 10.1. The van der Waals surface area contributed by atoms with Crippen LogP contribution in [-0.4, -0.2) is 15.0 Å². The lowest BCUT2D eigenvalue weighted by molar-refractivity contribution is -0.116. The van der Waals surface area contributed by atoms with Gasteiger partial charge in [0.1, 0.15) is 11.2 Å². The highest BCUT2D eigenvalue weighted by Crippen LogP contribution is 2.17. The molecule has 0 atom stereocenters. The molecule has 3 aromatic heterocycles. The molecule has 0 saturated heterocycles. The van der Waals surface area contributed by atoms with Gasteiger partial charge in [-0.15, -0.1) is 22.7 Å². The number of amides is 1. The molecule has 1 amide bonds. The molecule has 1 N–H and O–H groups in total. The smallest absolute Gasteiger partial charge is 0.325 e. The summed E-state index contributed by atoms with van der Waals surface area (Å²) in [5.41, 5.74) is 1.68. The lowest BCUT2D eigenvalue weighted by Crippen LogP contribution is -2.41. The molecule has 0 radical (unpaired) electrons. The molecule has 0 unspecified atom stereocenters. The van der Waals surface area contributed by atoms with Crippen molar-refractivity contribution in [3.63, 3.8) is 0 Å². The highest BCUT2D eigenvalue weighted by molar-refractivity contribution is 7.17. The number of carbonyl (C=O) groups excluding carboxylic acids is 1. The minimum atomic E-state index is -0.456. The summed E-state index contributed by atoms with van der Waals surface area (Å²) in [7, 11) is 0. The van der Waals surface area contributed by atoms with Crippen molar-refractivity contribution in [3.05, 3.63) is 84.5 Å². The normalized spacial score (nSPS) is 11.2. The molecule has 8 heteroatoms. The van der Waals surface area contributed by atoms with Gasteiger partial charge in [0.2, 0.25) is 5.91 Å². The summed E-state index contributed by atoms with van der Waals surface area (Å²) in [6.07, 6.45) is 3.89. The van der Waals surface area contributed by atoms with Crippen LogP contribution in [0.5, 0.6) is 0 Å². The molecule has 1 aromatic carbocycles. The van der Waals surface area contributed by atoms with Crippen LogP contribution in [0.15, 0.2) is 62.8 Å². The van der Waals surface area contributed by atoms with Gasteiger partial charge in [0.15, 0.2) is 0 Å². The lowest BCUT2D eigenvalue weighted by atomic mass is 10.1. The van der Waals surface area contributed by atoms with Crippen molar-refractivity contribution >= 4 is 44.5 Å². The Kier molecular flexibility index (Phi) is 7.02. The maximum absolute atomic E-state index is 13.1. The standard InChI is InChI=1S/C24H25N3O3S2/c1-2-3-5-17-7-9-18(10-8-17)25-21(28)16-27-20-12-15-32-22(20)23(29)26(24(27)30)13-11-19-6-4-14-31-19/h4,6-10,12,14-15H,2-3,5,11,13,16H2,1H3,(H,25,28). The van der Waals surface area contributed by atoms with Crippen molar-refractivity contribution < 1.29 is 4.79 Å². The van der Waals surface area contributed by atoms with E-state index in [2.05, 4.69) is 12.2 Å². The second-order valence-corrected chi connectivity index (χ2v) is 9.59. The third-order valence-corrected chi connectivity index (χ3v) is 7.18. The molecule has 166 valence electrons. The molecular weight excluding hydrogens is 442 g/mol. The van der Waals surface area contributed by atoms with E-state index >= 15 is 0 Å². The number of nitrogens with zero attached hydrogens (tertiary/aromatic N) is 2. The first-order valence-electron chi connectivity index (χ1n) is 10.7. The zero-order chi connectivity index (χ0) is 22.5. The molecule has 0 fully saturated rings. The molecule has 4 aromatic rings. The average molecular weight is 468 g/mol. The van der Waals surface area contributed by atoms with Crippen molar-refractivity contribution in [2.75, 3.05) is 5.32 Å². The first-order valence-corrected chi connectivity index (χ1v) is 12.4. The van der Waals surface area contributed by atoms with Gasteiger partial charge in [-0.1, -0.05) is 31.5 Å². The van der Waals surface area contributed by atoms with Crippen molar-refractivity contribution in [1.82, 2.24) is 9.13 Å². The summed E-state index contributed by atoms with van der Waals surface area (Å²) in [6.45, 7) is 2.29. The zero-order valence-corrected chi connectivity index (χ0v) is 19.5. The first-order chi connectivity index (χ1) is 15.6. The Morgan fingerprint density at radius 1 is 0.969 bits per heavy atom. The number of carbonyl (C=O) groups is 1. The molecule has 0 bridgehead atoms. The fourth-order valence-electron chi connectivity index (χ4n) is 3.64. The minimum Gasteiger partial charge on any atom is -0.325 e. The molecule has 0 spiro atoms. The number of anilines is 1. The lowest BCUT2D eigenvalue weighted by Gasteiger charge is -2.12. The molecular formula is C24H25N3O3S2. The Morgan fingerprint density at radius 2 is 1.78 bits per heavy atom. The first kappa shape index (κ1) is 22.2. The van der Waals surface area contributed by atoms with Gasteiger partial charge >= 0.3 is 5.69 Å². The van der Waals surface area contributed by atoms with Crippen LogP contribution in [0, 0.1) is 0 Å². The number of aromatic nitrogens is 2. The third-order valence-electron chi connectivity index (χ3n) is 5.36. The quantitative estimate of drug-likeness (QED) is 0.394. The van der Waals surface area contributed by atoms with E-state index in [-0.39, 0.29) is 24.6 Å². The van der Waals surface area contributed by atoms with E-state index in [0.717, 1.165) is 24.1 Å². The van der Waals surface area contributed by atoms with Gasteiger partial charge in [0.25, 0.3) is 5.56 Å². The van der Waals surface area contributed by atoms with Crippen LogP contribution in [0.2, 0.25) is 0 Å². The SMILES string of the molecule is CCCCc1ccc(NC(=O)Cn2c(=O)n(CCc3cccs3)c(=O)c3sccc32)cc1. The maximum atomic E-state index is 13.1. The van der Waals surface area contributed by atoms with Crippen LogP contribution in [0.4, 0.5) is 5.69 Å². The molecule has 6 nitrogen and oxygen atoms in total. The minimum absolute atomic E-state index is 0.150. The third kappa shape index (κ3) is 4.92. The molecule has 0 aliphatic rings. The summed E-state index contributed by atoms with van der Waals surface area (Å²) < 4.78 is 3.13. The van der Waals surface area contributed by atoms with Gasteiger partial charge in [0.05, 0.1) is 5.52 Å². The van der Waals surface area contributed by atoms with E-state index in [0.29, 0.717) is 22.3 Å². The molecule has 0 aliphatic carbocycles. The Morgan fingerprint density at radius 3 is 2.50 bits per heavy atom. The number of benzene rings is 1. The Bertz CT molecular complexity index is 1320. The summed E-state index contributed by atoms with van der Waals surface area (Å²) in [5.74, 6) is -0.302. The number of unbranched alkanes of at least 4 members (excludes halogenated alkanes) is 1. The topological polar surface area (TPSA) is 73.1 Å². The summed E-state index contributed by atoms with van der Waals surface area (Å²) >= 11 is 2.89. The van der Waals surface area contributed by atoms with Crippen molar-refractivity contribution in [2.24, 2.45) is 0 Å². The van der Waals surface area contributed by atoms with Crippen LogP contribution in [-0.2, 0) is 30.7 Å². The number of nitrogens with one attached hydrogen (secondary N) is 1. The van der Waals surface area contributed by atoms with E-state index in [4.69, 9.17) is 0 Å². The molecule has 4 rings (SSSR count). The number of fused-ring (bicyclic) bond motifs is 1. The van der Waals surface area contributed by atoms with Gasteiger partial charge in [0, 0.05) is 17.1 Å². The van der Waals surface area contributed by atoms with E-state index in [1.165, 1.54) is 26.0 Å². The predicted molar refractivity (Wildman–Crippen MR) is 132 cm³/mol. The summed E-state index contributed by atoms with van der Waals surface area (Å²) in [5, 5.41) is 6.61. The second-order valence-electron chi connectivity index (χ2n) is 7.64. The Labute approximate surface area is 193 Å². The fraction of sp³-hybridized carbons (Fsp3) is 0.292. The van der Waals surface area contributed by atoms with Crippen LogP contribution in [0.3, 0.4) is 0 Å². The van der Waals surface area contributed by atoms with Gasteiger partial charge in [-0.2, -0.15) is 0 Å². The maximum Gasteiger partial charge on any atom is 0.332 e. The zero-order valence-electron chi connectivity index (χ0n) is 17.9. The molecule has 3 heterocycles. The highest BCUT2D eigenvalue weighted by Gasteiger charge is 2.16. The average Bonchev–Trinajstić information content (AvgIpc) is 3.48. The summed E-state index contributed by atoms with van der Waals surface area (Å²) in [4.78, 5) is 39.9. The van der Waals surface area contributed by atoms with Gasteiger partial charge < -0.3 is 5.32 Å².